The minimum atomic E-state index is 0.164. The van der Waals surface area contributed by atoms with Crippen LogP contribution in [-0.2, 0) is 6.42 Å². The van der Waals surface area contributed by atoms with Gasteiger partial charge in [0.15, 0.2) is 5.82 Å². The molecule has 2 aromatic heterocycles. The van der Waals surface area contributed by atoms with Crippen molar-refractivity contribution in [3.05, 3.63) is 41.8 Å². The minimum Gasteiger partial charge on any atom is -0.339 e. The third-order valence-electron chi connectivity index (χ3n) is 3.46. The van der Waals surface area contributed by atoms with Gasteiger partial charge in [0.05, 0.1) is 5.92 Å². The van der Waals surface area contributed by atoms with Crippen LogP contribution in [0.1, 0.15) is 42.5 Å². The highest BCUT2D eigenvalue weighted by Gasteiger charge is 2.30. The van der Waals surface area contributed by atoms with Crippen molar-refractivity contribution in [3.63, 3.8) is 0 Å². The largest absolute Gasteiger partial charge is 0.339 e. The molecule has 1 aliphatic carbocycles. The molecule has 5 heteroatoms. The van der Waals surface area contributed by atoms with Crippen molar-refractivity contribution in [1.82, 2.24) is 15.1 Å². The van der Waals surface area contributed by atoms with E-state index in [9.17, 15) is 0 Å². The second-order valence-electron chi connectivity index (χ2n) is 4.79. The van der Waals surface area contributed by atoms with E-state index in [-0.39, 0.29) is 12.0 Å². The summed E-state index contributed by atoms with van der Waals surface area (Å²) < 4.78 is 5.33. The Morgan fingerprint density at radius 1 is 1.39 bits per heavy atom. The van der Waals surface area contributed by atoms with E-state index >= 15 is 0 Å². The Labute approximate surface area is 105 Å². The van der Waals surface area contributed by atoms with Gasteiger partial charge < -0.3 is 10.3 Å². The van der Waals surface area contributed by atoms with Gasteiger partial charge in [-0.1, -0.05) is 17.6 Å². The predicted molar refractivity (Wildman–Crippen MR) is 65.9 cm³/mol. The highest BCUT2D eigenvalue weighted by Crippen LogP contribution is 2.32. The lowest BCUT2D eigenvalue weighted by Crippen LogP contribution is -2.22. The van der Waals surface area contributed by atoms with Crippen molar-refractivity contribution in [2.75, 3.05) is 0 Å². The van der Waals surface area contributed by atoms with Crippen molar-refractivity contribution in [2.24, 2.45) is 5.73 Å². The van der Waals surface area contributed by atoms with Crippen molar-refractivity contribution < 1.29 is 4.52 Å². The molecule has 2 heterocycles. The van der Waals surface area contributed by atoms with E-state index in [1.807, 2.05) is 18.3 Å². The third-order valence-corrected chi connectivity index (χ3v) is 3.46. The summed E-state index contributed by atoms with van der Waals surface area (Å²) >= 11 is 0. The lowest BCUT2D eigenvalue weighted by Gasteiger charge is -2.08. The molecular weight excluding hydrogens is 228 g/mol. The summed E-state index contributed by atoms with van der Waals surface area (Å²) in [7, 11) is 0. The van der Waals surface area contributed by atoms with Crippen LogP contribution in [0.15, 0.2) is 29.0 Å². The second kappa shape index (κ2) is 4.86. The highest BCUT2D eigenvalue weighted by molar-refractivity contribution is 5.14. The van der Waals surface area contributed by atoms with Gasteiger partial charge in [0.1, 0.15) is 0 Å². The Hall–Kier alpha value is -1.75. The molecule has 2 N–H and O–H groups in total. The number of pyridine rings is 1. The van der Waals surface area contributed by atoms with Gasteiger partial charge in [-0.15, -0.1) is 0 Å². The van der Waals surface area contributed by atoms with E-state index in [4.69, 9.17) is 10.3 Å². The summed E-state index contributed by atoms with van der Waals surface area (Å²) in [5, 5.41) is 4.02. The molecule has 0 aromatic carbocycles. The average molecular weight is 244 g/mol. The Kier molecular flexibility index (Phi) is 3.06. The van der Waals surface area contributed by atoms with E-state index < -0.39 is 0 Å². The van der Waals surface area contributed by atoms with Crippen LogP contribution in [0.4, 0.5) is 0 Å². The van der Waals surface area contributed by atoms with Gasteiger partial charge in [-0.2, -0.15) is 4.98 Å². The zero-order valence-electron chi connectivity index (χ0n) is 10.1. The molecule has 1 aliphatic rings. The maximum Gasteiger partial charge on any atom is 0.231 e. The van der Waals surface area contributed by atoms with Crippen molar-refractivity contribution in [3.8, 4) is 0 Å². The summed E-state index contributed by atoms with van der Waals surface area (Å²) in [6, 6.07) is 4.07. The molecule has 0 saturated heterocycles. The molecule has 0 bridgehead atoms. The fourth-order valence-corrected chi connectivity index (χ4v) is 2.47. The van der Waals surface area contributed by atoms with Gasteiger partial charge in [-0.25, -0.2) is 0 Å². The van der Waals surface area contributed by atoms with Crippen LogP contribution in [0.25, 0.3) is 0 Å². The zero-order chi connectivity index (χ0) is 12.4. The summed E-state index contributed by atoms with van der Waals surface area (Å²) in [5.74, 6) is 1.64. The standard InChI is InChI=1S/C13H16N4O/c14-11-5-1-4-10(11)13-16-12(17-18-13)7-9-3-2-6-15-8-9/h2-3,6,8,10-11H,1,4-5,7,14H2. The smallest absolute Gasteiger partial charge is 0.231 e. The molecule has 2 aromatic rings. The van der Waals surface area contributed by atoms with Gasteiger partial charge >= 0.3 is 0 Å². The first-order valence-corrected chi connectivity index (χ1v) is 6.30. The number of hydrogen-bond donors (Lipinski definition) is 1. The number of aromatic nitrogens is 3. The average Bonchev–Trinajstić information content (AvgIpc) is 2.99. The summed E-state index contributed by atoms with van der Waals surface area (Å²) in [4.78, 5) is 8.52. The number of hydrogen-bond acceptors (Lipinski definition) is 5. The summed E-state index contributed by atoms with van der Waals surface area (Å²) in [6.45, 7) is 0. The Bertz CT molecular complexity index is 511. The normalized spacial score (nSPS) is 23.4. The van der Waals surface area contributed by atoms with E-state index in [1.165, 1.54) is 0 Å². The van der Waals surface area contributed by atoms with Gasteiger partial charge in [0.25, 0.3) is 0 Å². The minimum absolute atomic E-state index is 0.164. The van der Waals surface area contributed by atoms with Crippen LogP contribution in [-0.4, -0.2) is 21.2 Å². The monoisotopic (exact) mass is 244 g/mol. The fourth-order valence-electron chi connectivity index (χ4n) is 2.47. The quantitative estimate of drug-likeness (QED) is 0.888. The number of rotatable bonds is 3. The van der Waals surface area contributed by atoms with E-state index in [0.717, 1.165) is 24.8 Å². The van der Waals surface area contributed by atoms with Crippen LogP contribution < -0.4 is 5.73 Å². The van der Waals surface area contributed by atoms with Crippen molar-refractivity contribution >= 4 is 0 Å². The molecule has 18 heavy (non-hydrogen) atoms. The van der Waals surface area contributed by atoms with Crippen LogP contribution in [0.5, 0.6) is 0 Å². The Morgan fingerprint density at radius 3 is 3.06 bits per heavy atom. The molecule has 3 rings (SSSR count). The second-order valence-corrected chi connectivity index (χ2v) is 4.79. The van der Waals surface area contributed by atoms with Gasteiger partial charge in [0, 0.05) is 24.9 Å². The van der Waals surface area contributed by atoms with Gasteiger partial charge in [-0.3, -0.25) is 4.98 Å². The van der Waals surface area contributed by atoms with Crippen LogP contribution in [0.3, 0.4) is 0 Å². The molecule has 94 valence electrons. The van der Waals surface area contributed by atoms with E-state index in [1.54, 1.807) is 6.20 Å². The fraction of sp³-hybridized carbons (Fsp3) is 0.462. The predicted octanol–water partition coefficient (Wildman–Crippen LogP) is 1.65. The first kappa shape index (κ1) is 11.3. The molecule has 2 unspecified atom stereocenters. The Morgan fingerprint density at radius 2 is 2.33 bits per heavy atom. The topological polar surface area (TPSA) is 77.8 Å². The van der Waals surface area contributed by atoms with Crippen molar-refractivity contribution in [1.29, 1.82) is 0 Å². The van der Waals surface area contributed by atoms with E-state index in [2.05, 4.69) is 15.1 Å². The van der Waals surface area contributed by atoms with Crippen LogP contribution in [0, 0.1) is 0 Å². The maximum absolute atomic E-state index is 6.04. The lowest BCUT2D eigenvalue weighted by molar-refractivity contribution is 0.342. The molecule has 0 radical (unpaired) electrons. The third kappa shape index (κ3) is 2.26. The molecule has 0 spiro atoms. The molecule has 5 nitrogen and oxygen atoms in total. The molecule has 0 aliphatic heterocycles. The number of nitrogens with zero attached hydrogens (tertiary/aromatic N) is 3. The zero-order valence-corrected chi connectivity index (χ0v) is 10.1. The van der Waals surface area contributed by atoms with Gasteiger partial charge in [0.2, 0.25) is 5.89 Å². The molecule has 1 saturated carbocycles. The van der Waals surface area contributed by atoms with Crippen molar-refractivity contribution in [2.45, 2.75) is 37.6 Å². The SMILES string of the molecule is NC1CCCC1c1nc(Cc2cccnc2)no1. The maximum atomic E-state index is 6.04. The molecular formula is C13H16N4O. The molecule has 0 amide bonds. The summed E-state index contributed by atoms with van der Waals surface area (Å²) in [5.41, 5.74) is 7.12. The van der Waals surface area contributed by atoms with Gasteiger partial charge in [-0.05, 0) is 24.5 Å². The molecule has 2 atom stereocenters. The van der Waals surface area contributed by atoms with Crippen LogP contribution in [0.2, 0.25) is 0 Å². The first-order valence-electron chi connectivity index (χ1n) is 6.30. The first-order chi connectivity index (χ1) is 8.83. The van der Waals surface area contributed by atoms with Crippen LogP contribution >= 0.6 is 0 Å². The van der Waals surface area contributed by atoms with E-state index in [0.29, 0.717) is 18.1 Å². The number of nitrogens with two attached hydrogens (primary N) is 1. The lowest BCUT2D eigenvalue weighted by atomic mass is 10.1. The summed E-state index contributed by atoms with van der Waals surface area (Å²) in [6.07, 6.45) is 7.46. The molecule has 1 fully saturated rings. The Balaban J connectivity index is 1.74. The highest BCUT2D eigenvalue weighted by atomic mass is 16.5.